The fourth-order valence-corrected chi connectivity index (χ4v) is 1.31. The monoisotopic (exact) mass is 348 g/mol. The van der Waals surface area contributed by atoms with Crippen LogP contribution in [0.5, 0.6) is 0 Å². The Hall–Kier alpha value is -2.03. The molecular formula is C22H36O3. The molecule has 0 radical (unpaired) electrons. The molecule has 0 spiro atoms. The van der Waals surface area contributed by atoms with Crippen LogP contribution in [0.15, 0.2) is 49.6 Å². The summed E-state index contributed by atoms with van der Waals surface area (Å²) >= 11 is 0. The summed E-state index contributed by atoms with van der Waals surface area (Å²) in [6.07, 6.45) is 3.30. The maximum Gasteiger partial charge on any atom is 0.180 e. The zero-order valence-corrected chi connectivity index (χ0v) is 17.1. The molecule has 0 aliphatic heterocycles. The minimum atomic E-state index is -0.0509. The van der Waals surface area contributed by atoms with E-state index in [4.69, 9.17) is 0 Å². The van der Waals surface area contributed by atoms with E-state index >= 15 is 0 Å². The van der Waals surface area contributed by atoms with E-state index in [2.05, 4.69) is 26.3 Å². The van der Waals surface area contributed by atoms with Gasteiger partial charge >= 0.3 is 0 Å². The van der Waals surface area contributed by atoms with E-state index in [1.807, 2.05) is 41.5 Å². The highest BCUT2D eigenvalue weighted by molar-refractivity contribution is 6.03. The average Bonchev–Trinajstić information content (AvgIpc) is 2.52. The number of hydrogen-bond donors (Lipinski definition) is 0. The van der Waals surface area contributed by atoms with Crippen LogP contribution in [0.4, 0.5) is 0 Å². The van der Waals surface area contributed by atoms with Crippen molar-refractivity contribution in [2.45, 2.75) is 54.9 Å². The van der Waals surface area contributed by atoms with Gasteiger partial charge in [-0.1, -0.05) is 67.9 Å². The summed E-state index contributed by atoms with van der Waals surface area (Å²) in [6.45, 7) is 27.3. The van der Waals surface area contributed by atoms with Gasteiger partial charge in [0.15, 0.2) is 17.3 Å². The van der Waals surface area contributed by atoms with Crippen LogP contribution in [0.1, 0.15) is 54.9 Å². The molecule has 0 fully saturated rings. The van der Waals surface area contributed by atoms with Crippen molar-refractivity contribution in [2.75, 3.05) is 0 Å². The van der Waals surface area contributed by atoms with Crippen LogP contribution in [0.3, 0.4) is 0 Å². The van der Waals surface area contributed by atoms with Gasteiger partial charge in [-0.25, -0.2) is 0 Å². The molecule has 0 atom stereocenters. The molecule has 142 valence electrons. The van der Waals surface area contributed by atoms with Gasteiger partial charge in [0.2, 0.25) is 0 Å². The highest BCUT2D eigenvalue weighted by Crippen LogP contribution is 2.07. The van der Waals surface area contributed by atoms with Gasteiger partial charge in [-0.3, -0.25) is 14.4 Å². The van der Waals surface area contributed by atoms with E-state index < -0.39 is 0 Å². The molecule has 0 aromatic rings. The first-order valence-corrected chi connectivity index (χ1v) is 8.52. The average molecular weight is 349 g/mol. The topological polar surface area (TPSA) is 51.2 Å². The summed E-state index contributed by atoms with van der Waals surface area (Å²) < 4.78 is 0. The lowest BCUT2D eigenvalue weighted by Crippen LogP contribution is -2.02. The molecular weight excluding hydrogens is 312 g/mol. The molecule has 0 amide bonds. The number of rotatable bonds is 8. The van der Waals surface area contributed by atoms with E-state index in [1.165, 1.54) is 12.2 Å². The molecule has 0 saturated carbocycles. The van der Waals surface area contributed by atoms with Crippen LogP contribution >= 0.6 is 0 Å². The summed E-state index contributed by atoms with van der Waals surface area (Å²) in [6, 6.07) is 0. The Morgan fingerprint density at radius 3 is 1.28 bits per heavy atom. The fourth-order valence-electron chi connectivity index (χ4n) is 1.31. The molecule has 0 N–H and O–H groups in total. The predicted octanol–water partition coefficient (Wildman–Crippen LogP) is 5.53. The van der Waals surface area contributed by atoms with Gasteiger partial charge in [-0.05, 0) is 48.0 Å². The first kappa shape index (κ1) is 27.8. The number of carbonyl (C=O) groups excluding carboxylic acids is 3. The van der Waals surface area contributed by atoms with Crippen molar-refractivity contribution < 1.29 is 14.4 Å². The van der Waals surface area contributed by atoms with Crippen LogP contribution in [0.2, 0.25) is 0 Å². The smallest absolute Gasteiger partial charge is 0.180 e. The molecule has 0 aliphatic rings. The third-order valence-corrected chi connectivity index (χ3v) is 3.19. The largest absolute Gasteiger partial charge is 0.295 e. The molecule has 0 saturated heterocycles. The third-order valence-electron chi connectivity index (χ3n) is 3.19. The maximum atomic E-state index is 10.7. The van der Waals surface area contributed by atoms with Crippen molar-refractivity contribution in [3.05, 3.63) is 49.6 Å². The second-order valence-corrected chi connectivity index (χ2v) is 6.75. The highest BCUT2D eigenvalue weighted by Gasteiger charge is 2.05. The standard InChI is InChI=1S/C8H12O.2C7H12O/c1-5-8(9)7(4)6(2)3;1-5(2)6(3)7(4)8;1-4-7(8)5-6(2)3/h5-6H,1,4H2,2-3H3;5H,3H2,1-2,4H3;4,6H,1,5H2,2-3H3. The summed E-state index contributed by atoms with van der Waals surface area (Å²) in [5, 5.41) is 0. The third kappa shape index (κ3) is 18.2. The van der Waals surface area contributed by atoms with Crippen LogP contribution < -0.4 is 0 Å². The first-order chi connectivity index (χ1) is 11.3. The van der Waals surface area contributed by atoms with Gasteiger partial charge in [0, 0.05) is 6.42 Å². The zero-order chi connectivity index (χ0) is 20.7. The van der Waals surface area contributed by atoms with E-state index in [0.29, 0.717) is 29.4 Å². The van der Waals surface area contributed by atoms with Crippen molar-refractivity contribution in [3.63, 3.8) is 0 Å². The minimum absolute atomic E-state index is 0.0509. The maximum absolute atomic E-state index is 10.7. The van der Waals surface area contributed by atoms with Crippen LogP contribution in [-0.4, -0.2) is 17.3 Å². The molecule has 0 aliphatic carbocycles. The van der Waals surface area contributed by atoms with Gasteiger partial charge in [0.25, 0.3) is 0 Å². The molecule has 3 heteroatoms. The Morgan fingerprint density at radius 2 is 1.20 bits per heavy atom. The molecule has 25 heavy (non-hydrogen) atoms. The molecule has 0 bridgehead atoms. The quantitative estimate of drug-likeness (QED) is 0.542. The predicted molar refractivity (Wildman–Crippen MR) is 109 cm³/mol. The number of ketones is 3. The lowest BCUT2D eigenvalue weighted by Gasteiger charge is -2.02. The van der Waals surface area contributed by atoms with Gasteiger partial charge in [-0.2, -0.15) is 0 Å². The first-order valence-electron chi connectivity index (χ1n) is 8.52. The van der Waals surface area contributed by atoms with Crippen LogP contribution in [0, 0.1) is 17.8 Å². The molecule has 0 unspecified atom stereocenters. The van der Waals surface area contributed by atoms with Crippen LogP contribution in [0.25, 0.3) is 0 Å². The SMILES string of the molecule is C=C(C(C)=O)C(C)C.C=CC(=O)C(=C)C(C)C.C=CC(=O)CC(C)C. The van der Waals surface area contributed by atoms with E-state index in [0.717, 1.165) is 0 Å². The Kier molecular flexibility index (Phi) is 17.2. The summed E-state index contributed by atoms with van der Waals surface area (Å²) in [4.78, 5) is 31.7. The summed E-state index contributed by atoms with van der Waals surface area (Å²) in [5.74, 6) is 1.17. The van der Waals surface area contributed by atoms with Crippen molar-refractivity contribution in [1.29, 1.82) is 0 Å². The van der Waals surface area contributed by atoms with Gasteiger partial charge in [-0.15, -0.1) is 0 Å². The number of carbonyl (C=O) groups is 3. The van der Waals surface area contributed by atoms with E-state index in [9.17, 15) is 14.4 Å². The molecule has 0 heterocycles. The number of hydrogen-bond acceptors (Lipinski definition) is 3. The Balaban J connectivity index is -0.000000291. The Bertz CT molecular complexity index is 489. The van der Waals surface area contributed by atoms with E-state index in [1.54, 1.807) is 6.92 Å². The van der Waals surface area contributed by atoms with Crippen molar-refractivity contribution in [3.8, 4) is 0 Å². The number of Topliss-reactive ketones (excluding diaryl/α,β-unsaturated/α-hetero) is 1. The molecule has 0 aromatic heterocycles. The molecule has 3 nitrogen and oxygen atoms in total. The molecule has 0 rings (SSSR count). The van der Waals surface area contributed by atoms with Gasteiger partial charge in [0.1, 0.15) is 0 Å². The van der Waals surface area contributed by atoms with Crippen LogP contribution in [-0.2, 0) is 14.4 Å². The minimum Gasteiger partial charge on any atom is -0.295 e. The molecule has 0 aromatic carbocycles. The lowest BCUT2D eigenvalue weighted by molar-refractivity contribution is -0.115. The number of allylic oxidation sites excluding steroid dienone is 4. The normalized spacial score (nSPS) is 9.36. The zero-order valence-electron chi connectivity index (χ0n) is 17.1. The summed E-state index contributed by atoms with van der Waals surface area (Å²) in [5.41, 5.74) is 1.34. The second kappa shape index (κ2) is 15.5. The highest BCUT2D eigenvalue weighted by atomic mass is 16.1. The van der Waals surface area contributed by atoms with Gasteiger partial charge < -0.3 is 0 Å². The van der Waals surface area contributed by atoms with Crippen molar-refractivity contribution in [2.24, 2.45) is 17.8 Å². The fraction of sp³-hybridized carbons (Fsp3) is 0.500. The Morgan fingerprint density at radius 1 is 0.800 bits per heavy atom. The second-order valence-electron chi connectivity index (χ2n) is 6.75. The van der Waals surface area contributed by atoms with Crippen molar-refractivity contribution in [1.82, 2.24) is 0 Å². The van der Waals surface area contributed by atoms with E-state index in [-0.39, 0.29) is 23.3 Å². The van der Waals surface area contributed by atoms with Gasteiger partial charge in [0.05, 0.1) is 0 Å². The Labute approximate surface area is 154 Å². The van der Waals surface area contributed by atoms with Crippen molar-refractivity contribution >= 4 is 17.3 Å². The lowest BCUT2D eigenvalue weighted by atomic mass is 10.0. The summed E-state index contributed by atoms with van der Waals surface area (Å²) in [7, 11) is 0.